The number of carbonyl (C=O) groups excluding carboxylic acids is 1. The predicted molar refractivity (Wildman–Crippen MR) is 78.9 cm³/mol. The summed E-state index contributed by atoms with van der Waals surface area (Å²) in [4.78, 5) is 25.1. The van der Waals surface area contributed by atoms with Crippen molar-refractivity contribution >= 4 is 21.8 Å². The van der Waals surface area contributed by atoms with Crippen LogP contribution >= 0.6 is 0 Å². The lowest BCUT2D eigenvalue weighted by Gasteiger charge is -2.34. The zero-order valence-corrected chi connectivity index (χ0v) is 13.4. The van der Waals surface area contributed by atoms with Gasteiger partial charge in [-0.3, -0.25) is 0 Å². The summed E-state index contributed by atoms with van der Waals surface area (Å²) in [5.41, 5.74) is -1.12. The molecule has 0 radical (unpaired) electrons. The number of carboxylic acid groups (broad SMARTS) is 1. The second-order valence-electron chi connectivity index (χ2n) is 5.56. The molecular weight excluding hydrogens is 296 g/mol. The second-order valence-corrected chi connectivity index (χ2v) is 7.82. The SMILES string of the molecule is CCCC1(C(=O)O)CCCN1C(=O)NCCCS(C)(=O)=O. The number of nitrogens with zero attached hydrogens (tertiary/aromatic N) is 1. The molecule has 7 nitrogen and oxygen atoms in total. The van der Waals surface area contributed by atoms with E-state index in [1.54, 1.807) is 0 Å². The van der Waals surface area contributed by atoms with Crippen molar-refractivity contribution in [1.82, 2.24) is 10.2 Å². The summed E-state index contributed by atoms with van der Waals surface area (Å²) in [5.74, 6) is -0.958. The number of urea groups is 1. The molecule has 1 heterocycles. The average molecular weight is 320 g/mol. The van der Waals surface area contributed by atoms with E-state index < -0.39 is 27.4 Å². The summed E-state index contributed by atoms with van der Waals surface area (Å²) < 4.78 is 22.0. The zero-order valence-electron chi connectivity index (χ0n) is 12.6. The fraction of sp³-hybridized carbons (Fsp3) is 0.846. The van der Waals surface area contributed by atoms with Gasteiger partial charge in [-0.15, -0.1) is 0 Å². The number of carbonyl (C=O) groups is 2. The molecule has 0 saturated carbocycles. The van der Waals surface area contributed by atoms with Crippen molar-refractivity contribution in [1.29, 1.82) is 0 Å². The highest BCUT2D eigenvalue weighted by molar-refractivity contribution is 7.90. The van der Waals surface area contributed by atoms with Crippen molar-refractivity contribution in [2.75, 3.05) is 25.1 Å². The maximum Gasteiger partial charge on any atom is 0.329 e. The van der Waals surface area contributed by atoms with Crippen LogP contribution < -0.4 is 5.32 Å². The van der Waals surface area contributed by atoms with E-state index in [0.717, 1.165) is 6.26 Å². The van der Waals surface area contributed by atoms with E-state index >= 15 is 0 Å². The van der Waals surface area contributed by atoms with Crippen LogP contribution in [0, 0.1) is 0 Å². The number of nitrogens with one attached hydrogen (secondary N) is 1. The van der Waals surface area contributed by atoms with E-state index in [1.165, 1.54) is 4.90 Å². The first-order chi connectivity index (χ1) is 9.73. The normalized spacial score (nSPS) is 22.3. The summed E-state index contributed by atoms with van der Waals surface area (Å²) >= 11 is 0. The highest BCUT2D eigenvalue weighted by Gasteiger charge is 2.49. The Balaban J connectivity index is 2.61. The largest absolute Gasteiger partial charge is 0.479 e. The Kier molecular flexibility index (Phi) is 6.00. The molecule has 21 heavy (non-hydrogen) atoms. The lowest BCUT2D eigenvalue weighted by Crippen LogP contribution is -2.56. The van der Waals surface area contributed by atoms with Crippen molar-refractivity contribution < 1.29 is 23.1 Å². The van der Waals surface area contributed by atoms with Gasteiger partial charge in [-0.2, -0.15) is 0 Å². The van der Waals surface area contributed by atoms with Crippen LogP contribution in [0.25, 0.3) is 0 Å². The monoisotopic (exact) mass is 320 g/mol. The molecular formula is C13H24N2O5S. The van der Waals surface area contributed by atoms with E-state index in [2.05, 4.69) is 5.32 Å². The Morgan fingerprint density at radius 2 is 2.05 bits per heavy atom. The number of hydrogen-bond acceptors (Lipinski definition) is 4. The van der Waals surface area contributed by atoms with Crippen LogP contribution in [-0.4, -0.2) is 61.1 Å². The van der Waals surface area contributed by atoms with Gasteiger partial charge in [0.2, 0.25) is 0 Å². The van der Waals surface area contributed by atoms with Crippen LogP contribution in [0.15, 0.2) is 0 Å². The molecule has 1 unspecified atom stereocenters. The highest BCUT2D eigenvalue weighted by atomic mass is 32.2. The van der Waals surface area contributed by atoms with Gasteiger partial charge in [-0.05, 0) is 25.7 Å². The standard InChI is InChI=1S/C13H24N2O5S/c1-3-6-13(11(16)17)7-4-9-15(13)12(18)14-8-5-10-21(2,19)20/h3-10H2,1-2H3,(H,14,18)(H,16,17). The van der Waals surface area contributed by atoms with Gasteiger partial charge < -0.3 is 15.3 Å². The number of amides is 2. The van der Waals surface area contributed by atoms with Crippen molar-refractivity contribution in [3.05, 3.63) is 0 Å². The van der Waals surface area contributed by atoms with Gasteiger partial charge in [-0.25, -0.2) is 18.0 Å². The van der Waals surface area contributed by atoms with Crippen molar-refractivity contribution in [2.45, 2.75) is 44.6 Å². The lowest BCUT2D eigenvalue weighted by atomic mass is 9.91. The minimum atomic E-state index is -3.05. The molecule has 2 amide bonds. The number of aliphatic carboxylic acids is 1. The second kappa shape index (κ2) is 7.11. The molecule has 0 aliphatic carbocycles. The van der Waals surface area contributed by atoms with Gasteiger partial charge in [0.05, 0.1) is 5.75 Å². The molecule has 122 valence electrons. The van der Waals surface area contributed by atoms with E-state index in [1.807, 2.05) is 6.92 Å². The number of rotatable bonds is 7. The molecule has 0 aromatic rings. The van der Waals surface area contributed by atoms with Crippen LogP contribution in [0.5, 0.6) is 0 Å². The first-order valence-electron chi connectivity index (χ1n) is 7.19. The molecule has 1 rings (SSSR count). The summed E-state index contributed by atoms with van der Waals surface area (Å²) in [6.07, 6.45) is 3.72. The fourth-order valence-corrected chi connectivity index (χ4v) is 3.47. The number of carboxylic acids is 1. The van der Waals surface area contributed by atoms with Crippen LogP contribution in [0.2, 0.25) is 0 Å². The molecule has 1 atom stereocenters. The maximum atomic E-state index is 12.2. The Labute approximate surface area is 125 Å². The van der Waals surface area contributed by atoms with Crippen molar-refractivity contribution in [2.24, 2.45) is 0 Å². The third-order valence-corrected chi connectivity index (χ3v) is 4.79. The van der Waals surface area contributed by atoms with E-state index in [-0.39, 0.29) is 12.3 Å². The minimum absolute atomic E-state index is 0.00626. The molecule has 1 fully saturated rings. The third kappa shape index (κ3) is 4.59. The zero-order chi connectivity index (χ0) is 16.1. The molecule has 1 saturated heterocycles. The molecule has 1 aliphatic rings. The molecule has 1 aliphatic heterocycles. The number of sulfone groups is 1. The van der Waals surface area contributed by atoms with Gasteiger partial charge in [0.15, 0.2) is 0 Å². The first kappa shape index (κ1) is 17.7. The Morgan fingerprint density at radius 3 is 2.57 bits per heavy atom. The van der Waals surface area contributed by atoms with Crippen molar-refractivity contribution in [3.63, 3.8) is 0 Å². The molecule has 2 N–H and O–H groups in total. The Morgan fingerprint density at radius 1 is 1.38 bits per heavy atom. The van der Waals surface area contributed by atoms with Gasteiger partial charge in [0.25, 0.3) is 0 Å². The van der Waals surface area contributed by atoms with Crippen LogP contribution in [0.1, 0.15) is 39.0 Å². The first-order valence-corrected chi connectivity index (χ1v) is 9.25. The van der Waals surface area contributed by atoms with Gasteiger partial charge in [0.1, 0.15) is 15.4 Å². The number of likely N-dealkylation sites (tertiary alicyclic amines) is 1. The van der Waals surface area contributed by atoms with E-state index in [9.17, 15) is 23.1 Å². The summed E-state index contributed by atoms with van der Waals surface area (Å²) in [6, 6.07) is -0.420. The van der Waals surface area contributed by atoms with E-state index in [4.69, 9.17) is 0 Å². The maximum absolute atomic E-state index is 12.2. The third-order valence-electron chi connectivity index (χ3n) is 3.76. The molecule has 8 heteroatoms. The Hall–Kier alpha value is -1.31. The molecule has 0 aromatic carbocycles. The smallest absolute Gasteiger partial charge is 0.329 e. The molecule has 0 spiro atoms. The molecule has 0 aromatic heterocycles. The summed E-state index contributed by atoms with van der Waals surface area (Å²) in [6.45, 7) is 2.54. The highest BCUT2D eigenvalue weighted by Crippen LogP contribution is 2.33. The van der Waals surface area contributed by atoms with Crippen LogP contribution in [-0.2, 0) is 14.6 Å². The Bertz CT molecular complexity index is 491. The topological polar surface area (TPSA) is 104 Å². The number of hydrogen-bond donors (Lipinski definition) is 2. The fourth-order valence-electron chi connectivity index (χ4n) is 2.80. The molecule has 0 bridgehead atoms. The predicted octanol–water partition coefficient (Wildman–Crippen LogP) is 0.850. The summed E-state index contributed by atoms with van der Waals surface area (Å²) in [7, 11) is -3.05. The van der Waals surface area contributed by atoms with Crippen molar-refractivity contribution in [3.8, 4) is 0 Å². The average Bonchev–Trinajstić information content (AvgIpc) is 2.79. The van der Waals surface area contributed by atoms with Gasteiger partial charge in [-0.1, -0.05) is 13.3 Å². The quantitative estimate of drug-likeness (QED) is 0.677. The summed E-state index contributed by atoms with van der Waals surface area (Å²) in [5, 5.41) is 12.1. The van der Waals surface area contributed by atoms with E-state index in [0.29, 0.717) is 38.6 Å². The van der Waals surface area contributed by atoms with Gasteiger partial charge in [0, 0.05) is 19.3 Å². The van der Waals surface area contributed by atoms with Crippen LogP contribution in [0.3, 0.4) is 0 Å². The van der Waals surface area contributed by atoms with Gasteiger partial charge >= 0.3 is 12.0 Å². The van der Waals surface area contributed by atoms with Crippen LogP contribution in [0.4, 0.5) is 4.79 Å². The lowest BCUT2D eigenvalue weighted by molar-refractivity contribution is -0.148. The minimum Gasteiger partial charge on any atom is -0.479 e.